The Morgan fingerprint density at radius 2 is 1.91 bits per heavy atom. The molecule has 178 valence electrons. The fourth-order valence-corrected chi connectivity index (χ4v) is 5.06. The minimum absolute atomic E-state index is 0.0115. The molecular weight excluding hydrogens is 440 g/mol. The molecule has 2 heterocycles. The quantitative estimate of drug-likeness (QED) is 0.656. The van der Waals surface area contributed by atoms with Crippen LogP contribution >= 0.6 is 11.6 Å². The molecule has 4 rings (SSSR count). The molecule has 1 saturated carbocycles. The summed E-state index contributed by atoms with van der Waals surface area (Å²) in [7, 11) is 1.79. The Morgan fingerprint density at radius 3 is 2.61 bits per heavy atom. The van der Waals surface area contributed by atoms with Crippen LogP contribution in [0, 0.1) is 5.92 Å². The van der Waals surface area contributed by atoms with Crippen LogP contribution in [-0.4, -0.2) is 52.7 Å². The monoisotopic (exact) mass is 472 g/mol. The highest BCUT2D eigenvalue weighted by Gasteiger charge is 2.25. The van der Waals surface area contributed by atoms with E-state index in [1.165, 1.54) is 19.3 Å². The average Bonchev–Trinajstić information content (AvgIpc) is 3.28. The topological polar surface area (TPSA) is 76.5 Å². The Morgan fingerprint density at radius 1 is 1.15 bits per heavy atom. The predicted octanol–water partition coefficient (Wildman–Crippen LogP) is 4.17. The standard InChI is InChI=1S/C25H33ClN4O3/c1-29-16-20(15-28-29)25(32)27-14-18-9-11-30(12-10-18)24(31)17-33-23-8-7-21(26)13-22(23)19-5-3-2-4-6-19/h7-8,13,15-16,18-19H,2-6,9-12,14,17H2,1H3,(H,27,32). The first kappa shape index (κ1) is 23.6. The number of likely N-dealkylation sites (tertiary alicyclic amines) is 1. The van der Waals surface area contributed by atoms with E-state index in [0.29, 0.717) is 42.1 Å². The molecule has 7 nitrogen and oxygen atoms in total. The number of aromatic nitrogens is 2. The number of nitrogens with one attached hydrogen (secondary N) is 1. The Hall–Kier alpha value is -2.54. The van der Waals surface area contributed by atoms with Crippen molar-refractivity contribution in [3.05, 3.63) is 46.7 Å². The molecule has 8 heteroatoms. The zero-order valence-electron chi connectivity index (χ0n) is 19.3. The lowest BCUT2D eigenvalue weighted by Crippen LogP contribution is -2.43. The molecule has 33 heavy (non-hydrogen) atoms. The summed E-state index contributed by atoms with van der Waals surface area (Å²) in [5, 5.41) is 7.73. The molecule has 1 N–H and O–H groups in total. The van der Waals surface area contributed by atoms with E-state index in [-0.39, 0.29) is 18.4 Å². The summed E-state index contributed by atoms with van der Waals surface area (Å²) in [5.74, 6) is 1.52. The zero-order chi connectivity index (χ0) is 23.2. The van der Waals surface area contributed by atoms with Gasteiger partial charge in [-0.15, -0.1) is 0 Å². The number of ether oxygens (including phenoxy) is 1. The Balaban J connectivity index is 1.23. The average molecular weight is 473 g/mol. The number of benzene rings is 1. The maximum absolute atomic E-state index is 12.8. The van der Waals surface area contributed by atoms with Crippen LogP contribution in [0.15, 0.2) is 30.6 Å². The van der Waals surface area contributed by atoms with E-state index < -0.39 is 0 Å². The van der Waals surface area contributed by atoms with E-state index in [0.717, 1.165) is 37.0 Å². The van der Waals surface area contributed by atoms with Gasteiger partial charge in [0.2, 0.25) is 0 Å². The number of rotatable bonds is 7. The van der Waals surface area contributed by atoms with Crippen molar-refractivity contribution in [2.75, 3.05) is 26.2 Å². The fraction of sp³-hybridized carbons (Fsp3) is 0.560. The Bertz CT molecular complexity index is 962. The molecule has 1 aromatic carbocycles. The van der Waals surface area contributed by atoms with Crippen molar-refractivity contribution in [3.63, 3.8) is 0 Å². The van der Waals surface area contributed by atoms with E-state index in [1.54, 1.807) is 24.1 Å². The number of piperidine rings is 1. The first-order valence-electron chi connectivity index (χ1n) is 12.0. The number of hydrogen-bond acceptors (Lipinski definition) is 4. The van der Waals surface area contributed by atoms with Gasteiger partial charge in [-0.3, -0.25) is 14.3 Å². The number of aryl methyl sites for hydroxylation is 1. The van der Waals surface area contributed by atoms with Gasteiger partial charge in [-0.1, -0.05) is 30.9 Å². The lowest BCUT2D eigenvalue weighted by atomic mass is 9.84. The maximum atomic E-state index is 12.8. The Kier molecular flexibility index (Phi) is 7.91. The predicted molar refractivity (Wildman–Crippen MR) is 128 cm³/mol. The maximum Gasteiger partial charge on any atom is 0.260 e. The number of nitrogens with zero attached hydrogens (tertiary/aromatic N) is 3. The van der Waals surface area contributed by atoms with Gasteiger partial charge in [0, 0.05) is 37.9 Å². The third kappa shape index (κ3) is 6.28. The highest BCUT2D eigenvalue weighted by atomic mass is 35.5. The van der Waals surface area contributed by atoms with Crippen LogP contribution in [0.4, 0.5) is 0 Å². The lowest BCUT2D eigenvalue weighted by Gasteiger charge is -2.32. The third-order valence-corrected chi connectivity index (χ3v) is 7.09. The number of halogens is 1. The van der Waals surface area contributed by atoms with Gasteiger partial charge in [0.15, 0.2) is 6.61 Å². The van der Waals surface area contributed by atoms with Crippen molar-refractivity contribution in [2.24, 2.45) is 13.0 Å². The molecule has 2 amide bonds. The molecule has 0 atom stereocenters. The smallest absolute Gasteiger partial charge is 0.260 e. The van der Waals surface area contributed by atoms with Crippen molar-refractivity contribution in [1.29, 1.82) is 0 Å². The second-order valence-corrected chi connectivity index (χ2v) is 9.68. The van der Waals surface area contributed by atoms with E-state index in [9.17, 15) is 9.59 Å². The highest BCUT2D eigenvalue weighted by Crippen LogP contribution is 2.38. The number of hydrogen-bond donors (Lipinski definition) is 1. The molecule has 2 fully saturated rings. The van der Waals surface area contributed by atoms with E-state index in [1.807, 2.05) is 23.1 Å². The normalized spacial score (nSPS) is 17.7. The van der Waals surface area contributed by atoms with Crippen LogP contribution in [-0.2, 0) is 11.8 Å². The van der Waals surface area contributed by atoms with Crippen molar-refractivity contribution < 1.29 is 14.3 Å². The molecule has 0 bridgehead atoms. The van der Waals surface area contributed by atoms with Gasteiger partial charge >= 0.3 is 0 Å². The van der Waals surface area contributed by atoms with Gasteiger partial charge in [0.05, 0.1) is 11.8 Å². The largest absolute Gasteiger partial charge is 0.483 e. The third-order valence-electron chi connectivity index (χ3n) is 6.85. The second-order valence-electron chi connectivity index (χ2n) is 9.24. The second kappa shape index (κ2) is 11.1. The Labute approximate surface area is 200 Å². The molecule has 0 radical (unpaired) electrons. The van der Waals surface area contributed by atoms with Crippen LogP contribution in [0.5, 0.6) is 5.75 Å². The molecule has 2 aliphatic rings. The molecule has 0 spiro atoms. The molecule has 2 aromatic rings. The van der Waals surface area contributed by atoms with Crippen molar-refractivity contribution in [2.45, 2.75) is 50.9 Å². The van der Waals surface area contributed by atoms with Gasteiger partial charge in [-0.25, -0.2) is 0 Å². The lowest BCUT2D eigenvalue weighted by molar-refractivity contribution is -0.134. The summed E-state index contributed by atoms with van der Waals surface area (Å²) in [4.78, 5) is 26.9. The number of carbonyl (C=O) groups excluding carboxylic acids is 2. The molecule has 1 aliphatic heterocycles. The fourth-order valence-electron chi connectivity index (χ4n) is 4.88. The summed E-state index contributed by atoms with van der Waals surface area (Å²) in [6.45, 7) is 2.03. The van der Waals surface area contributed by atoms with Gasteiger partial charge in [0.1, 0.15) is 5.75 Å². The SMILES string of the molecule is Cn1cc(C(=O)NCC2CCN(C(=O)COc3ccc(Cl)cc3C3CCCCC3)CC2)cn1. The highest BCUT2D eigenvalue weighted by molar-refractivity contribution is 6.30. The molecule has 1 aromatic heterocycles. The van der Waals surface area contributed by atoms with Crippen LogP contribution in [0.3, 0.4) is 0 Å². The van der Waals surface area contributed by atoms with Gasteiger partial charge < -0.3 is 15.0 Å². The van der Waals surface area contributed by atoms with Gasteiger partial charge in [-0.2, -0.15) is 5.10 Å². The first-order valence-corrected chi connectivity index (χ1v) is 12.3. The van der Waals surface area contributed by atoms with Gasteiger partial charge in [-0.05, 0) is 61.3 Å². The van der Waals surface area contributed by atoms with E-state index in [2.05, 4.69) is 10.4 Å². The van der Waals surface area contributed by atoms with E-state index in [4.69, 9.17) is 16.3 Å². The van der Waals surface area contributed by atoms with Gasteiger partial charge in [0.25, 0.3) is 11.8 Å². The molecule has 0 unspecified atom stereocenters. The summed E-state index contributed by atoms with van der Waals surface area (Å²) in [6, 6.07) is 5.73. The molecule has 1 saturated heterocycles. The number of amides is 2. The van der Waals surface area contributed by atoms with Crippen LogP contribution in [0.1, 0.15) is 66.8 Å². The van der Waals surface area contributed by atoms with Crippen LogP contribution in [0.2, 0.25) is 5.02 Å². The molecular formula is C25H33ClN4O3. The summed E-state index contributed by atoms with van der Waals surface area (Å²) >= 11 is 6.25. The summed E-state index contributed by atoms with van der Waals surface area (Å²) in [5.41, 5.74) is 1.70. The minimum Gasteiger partial charge on any atom is -0.483 e. The minimum atomic E-state index is -0.105. The molecule has 1 aliphatic carbocycles. The van der Waals surface area contributed by atoms with Crippen molar-refractivity contribution >= 4 is 23.4 Å². The zero-order valence-corrected chi connectivity index (χ0v) is 20.0. The van der Waals surface area contributed by atoms with Crippen LogP contribution < -0.4 is 10.1 Å². The van der Waals surface area contributed by atoms with E-state index >= 15 is 0 Å². The number of carbonyl (C=O) groups is 2. The van der Waals surface area contributed by atoms with Crippen molar-refractivity contribution in [3.8, 4) is 5.75 Å². The van der Waals surface area contributed by atoms with Crippen molar-refractivity contribution in [1.82, 2.24) is 20.0 Å². The summed E-state index contributed by atoms with van der Waals surface area (Å²) in [6.07, 6.45) is 11.1. The first-order chi connectivity index (χ1) is 16.0. The van der Waals surface area contributed by atoms with Crippen LogP contribution in [0.25, 0.3) is 0 Å². The summed E-state index contributed by atoms with van der Waals surface area (Å²) < 4.78 is 7.62.